The monoisotopic (exact) mass is 285 g/mol. The van der Waals surface area contributed by atoms with Crippen LogP contribution in [0.1, 0.15) is 26.2 Å². The van der Waals surface area contributed by atoms with Crippen LogP contribution in [-0.2, 0) is 4.79 Å². The molecule has 1 amide bonds. The first-order valence-corrected chi connectivity index (χ1v) is 8.69. The van der Waals surface area contributed by atoms with Crippen LogP contribution in [-0.4, -0.2) is 61.1 Å². The van der Waals surface area contributed by atoms with Gasteiger partial charge < -0.3 is 15.5 Å². The zero-order valence-corrected chi connectivity index (χ0v) is 12.8. The fraction of sp³-hybridized carbons (Fsp3) is 0.929. The largest absolute Gasteiger partial charge is 0.355 e. The van der Waals surface area contributed by atoms with Crippen LogP contribution in [0.5, 0.6) is 0 Å². The maximum absolute atomic E-state index is 11.8. The molecule has 0 spiro atoms. The number of amides is 1. The number of carbonyl (C=O) groups excluding carboxylic acids is 1. The van der Waals surface area contributed by atoms with E-state index in [1.54, 1.807) is 0 Å². The van der Waals surface area contributed by atoms with Crippen LogP contribution in [0.25, 0.3) is 0 Å². The molecule has 19 heavy (non-hydrogen) atoms. The van der Waals surface area contributed by atoms with Crippen LogP contribution in [0.15, 0.2) is 0 Å². The second kappa shape index (κ2) is 8.12. The van der Waals surface area contributed by atoms with Crippen LogP contribution < -0.4 is 10.6 Å². The van der Waals surface area contributed by atoms with E-state index in [4.69, 9.17) is 0 Å². The lowest BCUT2D eigenvalue weighted by atomic mass is 10.0. The Bertz CT molecular complexity index is 282. The third-order valence-corrected chi connectivity index (χ3v) is 5.05. The Morgan fingerprint density at radius 2 is 2.42 bits per heavy atom. The summed E-state index contributed by atoms with van der Waals surface area (Å²) in [5, 5.41) is 6.47. The van der Waals surface area contributed by atoms with Crippen LogP contribution in [0.2, 0.25) is 0 Å². The molecule has 2 saturated heterocycles. The fourth-order valence-electron chi connectivity index (χ4n) is 2.89. The molecule has 0 aliphatic carbocycles. The minimum Gasteiger partial charge on any atom is -0.355 e. The van der Waals surface area contributed by atoms with Gasteiger partial charge in [-0.2, -0.15) is 11.8 Å². The van der Waals surface area contributed by atoms with E-state index in [0.717, 1.165) is 31.3 Å². The van der Waals surface area contributed by atoms with Crippen molar-refractivity contribution >= 4 is 17.7 Å². The lowest BCUT2D eigenvalue weighted by molar-refractivity contribution is -0.121. The van der Waals surface area contributed by atoms with Gasteiger partial charge in [0.15, 0.2) is 0 Å². The number of nitrogens with zero attached hydrogens (tertiary/aromatic N) is 1. The molecule has 0 radical (unpaired) electrons. The first-order valence-electron chi connectivity index (χ1n) is 7.54. The molecule has 0 aromatic heterocycles. The normalized spacial score (nSPS) is 29.1. The summed E-state index contributed by atoms with van der Waals surface area (Å²) in [5.41, 5.74) is 0. The second-order valence-corrected chi connectivity index (χ2v) is 6.98. The van der Waals surface area contributed by atoms with Crippen molar-refractivity contribution < 1.29 is 4.79 Å². The Kier molecular flexibility index (Phi) is 6.47. The first kappa shape index (κ1) is 15.1. The number of nitrogens with one attached hydrogen (secondary N) is 2. The zero-order valence-electron chi connectivity index (χ0n) is 12.0. The SMILES string of the molecule is CC1CCCN(CCNC(=O)CC2CSCCN2)C1. The summed E-state index contributed by atoms with van der Waals surface area (Å²) < 4.78 is 0. The minimum atomic E-state index is 0.199. The van der Waals surface area contributed by atoms with Crippen molar-refractivity contribution in [2.45, 2.75) is 32.2 Å². The maximum atomic E-state index is 11.8. The van der Waals surface area contributed by atoms with Gasteiger partial charge in [0.1, 0.15) is 0 Å². The minimum absolute atomic E-state index is 0.199. The molecule has 2 N–H and O–H groups in total. The number of carbonyl (C=O) groups is 1. The number of rotatable bonds is 5. The highest BCUT2D eigenvalue weighted by molar-refractivity contribution is 7.99. The predicted octanol–water partition coefficient (Wildman–Crippen LogP) is 0.930. The van der Waals surface area contributed by atoms with Crippen LogP contribution in [0, 0.1) is 5.92 Å². The molecule has 2 fully saturated rings. The van der Waals surface area contributed by atoms with Crippen molar-refractivity contribution in [2.24, 2.45) is 5.92 Å². The molecule has 0 aromatic carbocycles. The Morgan fingerprint density at radius 3 is 3.16 bits per heavy atom. The Labute approximate surface area is 121 Å². The van der Waals surface area contributed by atoms with E-state index < -0.39 is 0 Å². The first-order chi connectivity index (χ1) is 9.24. The van der Waals surface area contributed by atoms with Gasteiger partial charge in [0, 0.05) is 50.1 Å². The van der Waals surface area contributed by atoms with E-state index in [1.807, 2.05) is 11.8 Å². The van der Waals surface area contributed by atoms with E-state index in [1.165, 1.54) is 31.7 Å². The number of hydrogen-bond donors (Lipinski definition) is 2. The molecular formula is C14H27N3OS. The second-order valence-electron chi connectivity index (χ2n) is 5.83. The standard InChI is InChI=1S/C14H27N3OS/c1-12-3-2-6-17(10-12)7-4-16-14(18)9-13-11-19-8-5-15-13/h12-13,15H,2-11H2,1H3,(H,16,18). The van der Waals surface area contributed by atoms with Crippen molar-refractivity contribution in [3.05, 3.63) is 0 Å². The van der Waals surface area contributed by atoms with Gasteiger partial charge in [-0.05, 0) is 25.3 Å². The number of likely N-dealkylation sites (tertiary alicyclic amines) is 1. The molecule has 2 rings (SSSR count). The average Bonchev–Trinajstić information content (AvgIpc) is 2.40. The Morgan fingerprint density at radius 1 is 1.53 bits per heavy atom. The van der Waals surface area contributed by atoms with Crippen LogP contribution in [0.4, 0.5) is 0 Å². The van der Waals surface area contributed by atoms with Crippen molar-refractivity contribution in [3.8, 4) is 0 Å². The van der Waals surface area contributed by atoms with Gasteiger partial charge in [0.25, 0.3) is 0 Å². The average molecular weight is 285 g/mol. The smallest absolute Gasteiger partial charge is 0.221 e. The summed E-state index contributed by atoms with van der Waals surface area (Å²) in [5.74, 6) is 3.25. The van der Waals surface area contributed by atoms with Gasteiger partial charge >= 0.3 is 0 Å². The molecule has 110 valence electrons. The molecule has 2 aliphatic heterocycles. The van der Waals surface area contributed by atoms with Crippen LogP contribution in [0.3, 0.4) is 0 Å². The van der Waals surface area contributed by atoms with Gasteiger partial charge in [-0.15, -0.1) is 0 Å². The third-order valence-electron chi connectivity index (χ3n) is 3.92. The lowest BCUT2D eigenvalue weighted by Crippen LogP contribution is -2.43. The molecule has 5 heteroatoms. The number of hydrogen-bond acceptors (Lipinski definition) is 4. The molecular weight excluding hydrogens is 258 g/mol. The molecule has 0 saturated carbocycles. The van der Waals surface area contributed by atoms with Crippen molar-refractivity contribution in [2.75, 3.05) is 44.2 Å². The van der Waals surface area contributed by atoms with E-state index in [-0.39, 0.29) is 5.91 Å². The Balaban J connectivity index is 1.55. The molecule has 2 unspecified atom stereocenters. The third kappa shape index (κ3) is 5.71. The van der Waals surface area contributed by atoms with Crippen molar-refractivity contribution in [1.29, 1.82) is 0 Å². The van der Waals surface area contributed by atoms with Gasteiger partial charge in [-0.1, -0.05) is 6.92 Å². The van der Waals surface area contributed by atoms with E-state index in [9.17, 15) is 4.79 Å². The van der Waals surface area contributed by atoms with E-state index in [2.05, 4.69) is 22.5 Å². The van der Waals surface area contributed by atoms with Gasteiger partial charge in [-0.3, -0.25) is 4.79 Å². The van der Waals surface area contributed by atoms with Crippen LogP contribution >= 0.6 is 11.8 Å². The van der Waals surface area contributed by atoms with E-state index in [0.29, 0.717) is 12.5 Å². The molecule has 2 heterocycles. The van der Waals surface area contributed by atoms with Gasteiger partial charge in [0.2, 0.25) is 5.91 Å². The quantitative estimate of drug-likeness (QED) is 0.789. The number of thioether (sulfide) groups is 1. The van der Waals surface area contributed by atoms with Crippen molar-refractivity contribution in [1.82, 2.24) is 15.5 Å². The van der Waals surface area contributed by atoms with E-state index >= 15 is 0 Å². The molecule has 2 aliphatic rings. The topological polar surface area (TPSA) is 44.4 Å². The molecule has 4 nitrogen and oxygen atoms in total. The highest BCUT2D eigenvalue weighted by atomic mass is 32.2. The zero-order chi connectivity index (χ0) is 13.5. The predicted molar refractivity (Wildman–Crippen MR) is 81.6 cm³/mol. The summed E-state index contributed by atoms with van der Waals surface area (Å²) in [6.07, 6.45) is 3.29. The molecule has 0 aromatic rings. The van der Waals surface area contributed by atoms with Gasteiger partial charge in [0.05, 0.1) is 0 Å². The Hall–Kier alpha value is -0.260. The fourth-order valence-corrected chi connectivity index (χ4v) is 3.84. The summed E-state index contributed by atoms with van der Waals surface area (Å²) in [6, 6.07) is 0.369. The molecule has 2 atom stereocenters. The summed E-state index contributed by atoms with van der Waals surface area (Å²) >= 11 is 1.94. The number of piperidine rings is 1. The summed E-state index contributed by atoms with van der Waals surface area (Å²) in [4.78, 5) is 14.3. The maximum Gasteiger partial charge on any atom is 0.221 e. The summed E-state index contributed by atoms with van der Waals surface area (Å²) in [6.45, 7) is 7.54. The highest BCUT2D eigenvalue weighted by Crippen LogP contribution is 2.14. The van der Waals surface area contributed by atoms with Gasteiger partial charge in [-0.25, -0.2) is 0 Å². The lowest BCUT2D eigenvalue weighted by Gasteiger charge is -2.30. The molecule has 0 bridgehead atoms. The summed E-state index contributed by atoms with van der Waals surface area (Å²) in [7, 11) is 0. The van der Waals surface area contributed by atoms with Crippen molar-refractivity contribution in [3.63, 3.8) is 0 Å². The highest BCUT2D eigenvalue weighted by Gasteiger charge is 2.18.